The van der Waals surface area contributed by atoms with E-state index in [1.54, 1.807) is 16.2 Å². The molecular formula is C19H23FN4O2S. The van der Waals surface area contributed by atoms with Crippen LogP contribution < -0.4 is 10.2 Å². The van der Waals surface area contributed by atoms with Gasteiger partial charge in [0.05, 0.1) is 31.5 Å². The van der Waals surface area contributed by atoms with E-state index in [0.717, 1.165) is 54.7 Å². The van der Waals surface area contributed by atoms with Crippen LogP contribution in [-0.4, -0.2) is 48.8 Å². The highest BCUT2D eigenvalue weighted by atomic mass is 32.1. The predicted octanol–water partition coefficient (Wildman–Crippen LogP) is 2.95. The number of anilines is 1. The third kappa shape index (κ3) is 3.91. The summed E-state index contributed by atoms with van der Waals surface area (Å²) in [5.41, 5.74) is 2.85. The van der Waals surface area contributed by atoms with Crippen LogP contribution in [0.3, 0.4) is 0 Å². The third-order valence-electron chi connectivity index (χ3n) is 5.15. The van der Waals surface area contributed by atoms with Crippen LogP contribution in [0.15, 0.2) is 23.6 Å². The molecule has 1 atom stereocenters. The summed E-state index contributed by atoms with van der Waals surface area (Å²) in [4.78, 5) is 21.2. The number of nitrogens with one attached hydrogen (secondary N) is 1. The van der Waals surface area contributed by atoms with Crippen molar-refractivity contribution in [2.24, 2.45) is 0 Å². The Kier molecular flexibility index (Phi) is 5.27. The lowest BCUT2D eigenvalue weighted by Gasteiger charge is -2.35. The molecule has 1 fully saturated rings. The Balaban J connectivity index is 1.36. The number of carbonyl (C=O) groups is 1. The van der Waals surface area contributed by atoms with Crippen LogP contribution in [0.1, 0.15) is 29.8 Å². The average molecular weight is 390 g/mol. The fourth-order valence-electron chi connectivity index (χ4n) is 3.61. The minimum Gasteiger partial charge on any atom is -0.378 e. The predicted molar refractivity (Wildman–Crippen MR) is 103 cm³/mol. The monoisotopic (exact) mass is 390 g/mol. The van der Waals surface area contributed by atoms with Gasteiger partial charge in [-0.15, -0.1) is 11.3 Å². The van der Waals surface area contributed by atoms with Gasteiger partial charge in [0.1, 0.15) is 5.82 Å². The van der Waals surface area contributed by atoms with E-state index in [0.29, 0.717) is 13.1 Å². The lowest BCUT2D eigenvalue weighted by molar-refractivity contribution is 0.122. The summed E-state index contributed by atoms with van der Waals surface area (Å²) in [5, 5.41) is 5.91. The van der Waals surface area contributed by atoms with E-state index in [2.05, 4.69) is 15.2 Å². The SMILES string of the molecule is C[C@@H]1c2cc(F)ccc2CCN1C(=O)NCc1csc(N2CCOCC2)n1. The largest absolute Gasteiger partial charge is 0.378 e. The maximum absolute atomic E-state index is 13.6. The van der Waals surface area contributed by atoms with E-state index in [4.69, 9.17) is 4.74 Å². The van der Waals surface area contributed by atoms with Crippen LogP contribution in [0.2, 0.25) is 0 Å². The first kappa shape index (κ1) is 18.2. The van der Waals surface area contributed by atoms with Gasteiger partial charge in [0, 0.05) is 25.0 Å². The van der Waals surface area contributed by atoms with Gasteiger partial charge in [-0.2, -0.15) is 0 Å². The van der Waals surface area contributed by atoms with Crippen molar-refractivity contribution in [1.82, 2.24) is 15.2 Å². The minimum atomic E-state index is -0.263. The summed E-state index contributed by atoms with van der Waals surface area (Å²) in [6.07, 6.45) is 0.741. The molecule has 1 aromatic heterocycles. The van der Waals surface area contributed by atoms with Gasteiger partial charge in [0.2, 0.25) is 0 Å². The lowest BCUT2D eigenvalue weighted by atomic mass is 9.94. The quantitative estimate of drug-likeness (QED) is 0.876. The Labute approximate surface area is 161 Å². The maximum atomic E-state index is 13.6. The molecule has 0 unspecified atom stereocenters. The molecule has 0 spiro atoms. The van der Waals surface area contributed by atoms with Crippen molar-refractivity contribution in [2.75, 3.05) is 37.7 Å². The zero-order valence-corrected chi connectivity index (χ0v) is 16.1. The molecule has 2 aromatic rings. The molecule has 1 aromatic carbocycles. The molecule has 144 valence electrons. The average Bonchev–Trinajstić information content (AvgIpc) is 3.17. The summed E-state index contributed by atoms with van der Waals surface area (Å²) < 4.78 is 18.9. The first-order chi connectivity index (χ1) is 13.1. The van der Waals surface area contributed by atoms with E-state index in [1.807, 2.05) is 18.4 Å². The molecule has 1 saturated heterocycles. The Morgan fingerprint density at radius 3 is 3.00 bits per heavy atom. The standard InChI is InChI=1S/C19H23FN4O2S/c1-13-17-10-15(20)3-2-14(17)4-5-24(13)18(25)21-11-16-12-27-19(22-16)23-6-8-26-9-7-23/h2-3,10,12-13H,4-9,11H2,1H3,(H,21,25)/t13-/m1/s1. The molecule has 2 aliphatic rings. The highest BCUT2D eigenvalue weighted by Crippen LogP contribution is 2.30. The fourth-order valence-corrected chi connectivity index (χ4v) is 4.49. The fraction of sp³-hybridized carbons (Fsp3) is 0.474. The molecule has 8 heteroatoms. The van der Waals surface area contributed by atoms with Crippen LogP contribution in [0.4, 0.5) is 14.3 Å². The Hall–Kier alpha value is -2.19. The summed E-state index contributed by atoms with van der Waals surface area (Å²) in [7, 11) is 0. The number of nitrogens with zero attached hydrogens (tertiary/aromatic N) is 3. The highest BCUT2D eigenvalue weighted by Gasteiger charge is 2.28. The van der Waals surface area contributed by atoms with Gasteiger partial charge in [0.25, 0.3) is 0 Å². The number of morpholine rings is 1. The van der Waals surface area contributed by atoms with Crippen molar-refractivity contribution in [2.45, 2.75) is 25.9 Å². The third-order valence-corrected chi connectivity index (χ3v) is 6.10. The first-order valence-electron chi connectivity index (χ1n) is 9.21. The second-order valence-corrected chi connectivity index (χ2v) is 7.68. The van der Waals surface area contributed by atoms with Gasteiger partial charge in [-0.25, -0.2) is 14.2 Å². The second-order valence-electron chi connectivity index (χ2n) is 6.84. The number of thiazole rings is 1. The van der Waals surface area contributed by atoms with Gasteiger partial charge in [-0.05, 0) is 36.6 Å². The summed E-state index contributed by atoms with van der Waals surface area (Å²) in [6, 6.07) is 4.55. The van der Waals surface area contributed by atoms with E-state index in [1.165, 1.54) is 12.1 Å². The van der Waals surface area contributed by atoms with Crippen molar-refractivity contribution in [3.8, 4) is 0 Å². The van der Waals surface area contributed by atoms with Crippen LogP contribution in [0.25, 0.3) is 0 Å². The Morgan fingerprint density at radius 1 is 1.37 bits per heavy atom. The Bertz CT molecular complexity index is 822. The van der Waals surface area contributed by atoms with Crippen LogP contribution in [-0.2, 0) is 17.7 Å². The second kappa shape index (κ2) is 7.82. The van der Waals surface area contributed by atoms with Gasteiger partial charge >= 0.3 is 6.03 Å². The van der Waals surface area contributed by atoms with E-state index < -0.39 is 0 Å². The number of fused-ring (bicyclic) bond motifs is 1. The molecular weight excluding hydrogens is 367 g/mol. The van der Waals surface area contributed by atoms with Crippen molar-refractivity contribution >= 4 is 22.5 Å². The number of aromatic nitrogens is 1. The van der Waals surface area contributed by atoms with Crippen LogP contribution in [0, 0.1) is 5.82 Å². The zero-order chi connectivity index (χ0) is 18.8. The van der Waals surface area contributed by atoms with Gasteiger partial charge in [-0.1, -0.05) is 6.07 Å². The summed E-state index contributed by atoms with van der Waals surface area (Å²) in [6.45, 7) is 6.10. The van der Waals surface area contributed by atoms with Crippen molar-refractivity contribution in [3.63, 3.8) is 0 Å². The normalized spacial score (nSPS) is 19.7. The number of hydrogen-bond acceptors (Lipinski definition) is 5. The zero-order valence-electron chi connectivity index (χ0n) is 15.3. The van der Waals surface area contributed by atoms with Crippen molar-refractivity contribution in [3.05, 3.63) is 46.2 Å². The van der Waals surface area contributed by atoms with Gasteiger partial charge < -0.3 is 19.9 Å². The minimum absolute atomic E-state index is 0.140. The van der Waals surface area contributed by atoms with Crippen molar-refractivity contribution in [1.29, 1.82) is 0 Å². The Morgan fingerprint density at radius 2 is 2.19 bits per heavy atom. The summed E-state index contributed by atoms with van der Waals surface area (Å²) in [5.74, 6) is -0.263. The molecule has 2 amide bonds. The number of rotatable bonds is 3. The molecule has 3 heterocycles. The molecule has 0 radical (unpaired) electrons. The number of halogens is 1. The maximum Gasteiger partial charge on any atom is 0.318 e. The van der Waals surface area contributed by atoms with Gasteiger partial charge in [-0.3, -0.25) is 0 Å². The molecule has 1 N–H and O–H groups in total. The number of carbonyl (C=O) groups excluding carboxylic acids is 1. The highest BCUT2D eigenvalue weighted by molar-refractivity contribution is 7.13. The smallest absolute Gasteiger partial charge is 0.318 e. The first-order valence-corrected chi connectivity index (χ1v) is 10.1. The van der Waals surface area contributed by atoms with E-state index in [9.17, 15) is 9.18 Å². The topological polar surface area (TPSA) is 57.7 Å². The molecule has 2 aliphatic heterocycles. The summed E-state index contributed by atoms with van der Waals surface area (Å²) >= 11 is 1.59. The number of amides is 2. The number of urea groups is 1. The number of ether oxygens (including phenoxy) is 1. The molecule has 6 nitrogen and oxygen atoms in total. The van der Waals surface area contributed by atoms with E-state index >= 15 is 0 Å². The lowest BCUT2D eigenvalue weighted by Crippen LogP contribution is -2.44. The van der Waals surface area contributed by atoms with Crippen LogP contribution in [0.5, 0.6) is 0 Å². The number of benzene rings is 1. The van der Waals surface area contributed by atoms with Gasteiger partial charge in [0.15, 0.2) is 5.13 Å². The molecule has 27 heavy (non-hydrogen) atoms. The molecule has 0 bridgehead atoms. The number of hydrogen-bond donors (Lipinski definition) is 1. The van der Waals surface area contributed by atoms with E-state index in [-0.39, 0.29) is 17.9 Å². The molecule has 0 saturated carbocycles. The van der Waals surface area contributed by atoms with Crippen molar-refractivity contribution < 1.29 is 13.9 Å². The van der Waals surface area contributed by atoms with Crippen LogP contribution >= 0.6 is 11.3 Å². The molecule has 0 aliphatic carbocycles. The molecule has 4 rings (SSSR count).